The molecule has 1 heterocycles. The van der Waals surface area contributed by atoms with Gasteiger partial charge in [-0.15, -0.1) is 0 Å². The fourth-order valence-corrected chi connectivity index (χ4v) is 3.71. The van der Waals surface area contributed by atoms with Gasteiger partial charge < -0.3 is 20.4 Å². The molecule has 0 unspecified atom stereocenters. The monoisotopic (exact) mass is 406 g/mol. The number of benzene rings is 3. The fraction of sp³-hybridized carbons (Fsp3) is 0.0476. The Hall–Kier alpha value is -3.03. The van der Waals surface area contributed by atoms with Gasteiger partial charge in [-0.1, -0.05) is 30.0 Å². The van der Waals surface area contributed by atoms with Crippen molar-refractivity contribution in [2.24, 2.45) is 0 Å². The molecule has 4 rings (SSSR count). The Balaban J connectivity index is 1.40. The number of ether oxygens (including phenoxy) is 1. The zero-order chi connectivity index (χ0) is 19.3. The first kappa shape index (κ1) is 18.3. The van der Waals surface area contributed by atoms with Gasteiger partial charge in [0.15, 0.2) is 10.3 Å². The zero-order valence-corrected chi connectivity index (χ0v) is 16.7. The average molecular weight is 407 g/mol. The molecule has 0 saturated heterocycles. The van der Waals surface area contributed by atoms with Gasteiger partial charge in [0.05, 0.1) is 18.1 Å². The molecule has 0 aliphatic rings. The van der Waals surface area contributed by atoms with Crippen LogP contribution in [-0.4, -0.2) is 22.2 Å². The van der Waals surface area contributed by atoms with Gasteiger partial charge in [0.1, 0.15) is 5.75 Å². The third kappa shape index (κ3) is 4.44. The average Bonchev–Trinajstić information content (AvgIpc) is 3.11. The first-order chi connectivity index (χ1) is 13.7. The molecule has 0 bridgehead atoms. The van der Waals surface area contributed by atoms with Crippen molar-refractivity contribution in [1.82, 2.24) is 9.97 Å². The summed E-state index contributed by atoms with van der Waals surface area (Å²) in [6, 6.07) is 23.7. The Morgan fingerprint density at radius 2 is 1.68 bits per heavy atom. The lowest BCUT2D eigenvalue weighted by molar-refractivity contribution is 0.415. The van der Waals surface area contributed by atoms with E-state index < -0.39 is 0 Å². The number of aromatic nitrogens is 2. The quantitative estimate of drug-likeness (QED) is 0.379. The SMILES string of the molecule is COc1ccc2nc(Sc3ccc(NC(=S)Nc4ccccc4)cc3)[nH]c2c1. The third-order valence-corrected chi connectivity index (χ3v) is 5.12. The predicted molar refractivity (Wildman–Crippen MR) is 119 cm³/mol. The number of hydrogen-bond acceptors (Lipinski definition) is 4. The maximum absolute atomic E-state index is 5.36. The highest BCUT2D eigenvalue weighted by molar-refractivity contribution is 7.99. The van der Waals surface area contributed by atoms with Crippen molar-refractivity contribution >= 4 is 51.5 Å². The van der Waals surface area contributed by atoms with Crippen molar-refractivity contribution in [1.29, 1.82) is 0 Å². The van der Waals surface area contributed by atoms with E-state index >= 15 is 0 Å². The molecular weight excluding hydrogens is 388 g/mol. The minimum absolute atomic E-state index is 0.554. The Morgan fingerprint density at radius 1 is 0.964 bits per heavy atom. The molecule has 3 N–H and O–H groups in total. The van der Waals surface area contributed by atoms with E-state index in [0.29, 0.717) is 5.11 Å². The van der Waals surface area contributed by atoms with Crippen LogP contribution in [-0.2, 0) is 0 Å². The summed E-state index contributed by atoms with van der Waals surface area (Å²) in [7, 11) is 1.66. The van der Waals surface area contributed by atoms with E-state index in [2.05, 4.69) is 20.6 Å². The van der Waals surface area contributed by atoms with Gasteiger partial charge in [-0.25, -0.2) is 4.98 Å². The van der Waals surface area contributed by atoms with Crippen molar-refractivity contribution in [3.05, 3.63) is 72.8 Å². The number of para-hydroxylation sites is 1. The Bertz CT molecular complexity index is 1090. The van der Waals surface area contributed by atoms with Crippen LogP contribution in [0.1, 0.15) is 0 Å². The summed E-state index contributed by atoms with van der Waals surface area (Å²) in [5.74, 6) is 0.809. The van der Waals surface area contributed by atoms with Gasteiger partial charge in [0.2, 0.25) is 0 Å². The van der Waals surface area contributed by atoms with Crippen molar-refractivity contribution in [2.45, 2.75) is 10.1 Å². The minimum atomic E-state index is 0.554. The number of thiocarbonyl (C=S) groups is 1. The molecule has 5 nitrogen and oxygen atoms in total. The largest absolute Gasteiger partial charge is 0.497 e. The lowest BCUT2D eigenvalue weighted by Gasteiger charge is -2.10. The van der Waals surface area contributed by atoms with E-state index in [1.54, 1.807) is 18.9 Å². The highest BCUT2D eigenvalue weighted by Crippen LogP contribution is 2.29. The molecule has 0 spiro atoms. The van der Waals surface area contributed by atoms with E-state index in [0.717, 1.165) is 38.2 Å². The summed E-state index contributed by atoms with van der Waals surface area (Å²) >= 11 is 6.93. The van der Waals surface area contributed by atoms with E-state index in [1.165, 1.54) is 0 Å². The number of aromatic amines is 1. The number of fused-ring (bicyclic) bond motifs is 1. The van der Waals surface area contributed by atoms with E-state index in [1.807, 2.05) is 72.8 Å². The number of nitrogens with zero attached hydrogens (tertiary/aromatic N) is 1. The van der Waals surface area contributed by atoms with Crippen LogP contribution >= 0.6 is 24.0 Å². The molecule has 140 valence electrons. The Morgan fingerprint density at radius 3 is 2.39 bits per heavy atom. The smallest absolute Gasteiger partial charge is 0.175 e. The standard InChI is InChI=1S/C21H18N4OS2/c1-26-16-9-12-18-19(13-16)25-21(24-18)28-17-10-7-15(8-11-17)23-20(27)22-14-5-3-2-4-6-14/h2-13H,1H3,(H,24,25)(H2,22,23,27). The molecule has 1 aromatic heterocycles. The summed E-state index contributed by atoms with van der Waals surface area (Å²) in [4.78, 5) is 9.01. The lowest BCUT2D eigenvalue weighted by Crippen LogP contribution is -2.18. The van der Waals surface area contributed by atoms with Crippen LogP contribution in [0, 0.1) is 0 Å². The molecule has 28 heavy (non-hydrogen) atoms. The Labute approximate surface area is 172 Å². The van der Waals surface area contributed by atoms with Gasteiger partial charge in [-0.3, -0.25) is 0 Å². The van der Waals surface area contributed by atoms with Crippen LogP contribution in [0.2, 0.25) is 0 Å². The second kappa shape index (κ2) is 8.33. The minimum Gasteiger partial charge on any atom is -0.497 e. The first-order valence-corrected chi connectivity index (χ1v) is 9.87. The van der Waals surface area contributed by atoms with E-state index in [4.69, 9.17) is 17.0 Å². The fourth-order valence-electron chi connectivity index (χ4n) is 2.67. The van der Waals surface area contributed by atoms with E-state index in [-0.39, 0.29) is 0 Å². The predicted octanol–water partition coefficient (Wildman–Crippen LogP) is 5.53. The van der Waals surface area contributed by atoms with Crippen molar-refractivity contribution < 1.29 is 4.74 Å². The van der Waals surface area contributed by atoms with Crippen molar-refractivity contribution in [3.8, 4) is 5.75 Å². The van der Waals surface area contributed by atoms with Crippen LogP contribution in [0.15, 0.2) is 82.8 Å². The molecule has 0 radical (unpaired) electrons. The summed E-state index contributed by atoms with van der Waals surface area (Å²) in [6.07, 6.45) is 0. The third-order valence-electron chi connectivity index (χ3n) is 4.03. The second-order valence-corrected chi connectivity index (χ2v) is 7.47. The normalized spacial score (nSPS) is 10.6. The van der Waals surface area contributed by atoms with Gasteiger partial charge in [-0.05, 0) is 60.7 Å². The van der Waals surface area contributed by atoms with E-state index in [9.17, 15) is 0 Å². The van der Waals surface area contributed by atoms with Gasteiger partial charge >= 0.3 is 0 Å². The summed E-state index contributed by atoms with van der Waals surface area (Å²) in [5, 5.41) is 7.74. The lowest BCUT2D eigenvalue weighted by atomic mass is 10.3. The van der Waals surface area contributed by atoms with Gasteiger partial charge in [0.25, 0.3) is 0 Å². The molecule has 0 amide bonds. The number of hydrogen-bond donors (Lipinski definition) is 3. The van der Waals surface area contributed by atoms with Crippen molar-refractivity contribution in [2.75, 3.05) is 17.7 Å². The van der Waals surface area contributed by atoms with Crippen LogP contribution in [0.3, 0.4) is 0 Å². The molecule has 0 saturated carbocycles. The molecule has 0 aliphatic heterocycles. The van der Waals surface area contributed by atoms with Crippen molar-refractivity contribution in [3.63, 3.8) is 0 Å². The number of rotatable bonds is 5. The molecular formula is C21H18N4OS2. The maximum Gasteiger partial charge on any atom is 0.175 e. The highest BCUT2D eigenvalue weighted by Gasteiger charge is 2.06. The zero-order valence-electron chi connectivity index (χ0n) is 15.1. The molecule has 0 aliphatic carbocycles. The number of imidazole rings is 1. The number of anilines is 2. The maximum atomic E-state index is 5.36. The molecule has 0 fully saturated rings. The highest BCUT2D eigenvalue weighted by atomic mass is 32.2. The summed E-state index contributed by atoms with van der Waals surface area (Å²) in [6.45, 7) is 0. The van der Waals surface area contributed by atoms with Crippen LogP contribution < -0.4 is 15.4 Å². The number of nitrogens with one attached hydrogen (secondary N) is 3. The van der Waals surface area contributed by atoms with Crippen LogP contribution in [0.25, 0.3) is 11.0 Å². The van der Waals surface area contributed by atoms with Gasteiger partial charge in [-0.2, -0.15) is 0 Å². The topological polar surface area (TPSA) is 62.0 Å². The first-order valence-electron chi connectivity index (χ1n) is 8.64. The number of methoxy groups -OCH3 is 1. The van der Waals surface area contributed by atoms with Crippen LogP contribution in [0.5, 0.6) is 5.75 Å². The molecule has 0 atom stereocenters. The van der Waals surface area contributed by atoms with Gasteiger partial charge in [0, 0.05) is 22.3 Å². The Kier molecular flexibility index (Phi) is 5.45. The van der Waals surface area contributed by atoms with Crippen LogP contribution in [0.4, 0.5) is 11.4 Å². The molecule has 3 aromatic carbocycles. The number of H-pyrrole nitrogens is 1. The molecule has 7 heteroatoms. The second-order valence-electron chi connectivity index (χ2n) is 6.00. The molecule has 4 aromatic rings. The summed E-state index contributed by atoms with van der Waals surface area (Å²) < 4.78 is 5.25. The summed E-state index contributed by atoms with van der Waals surface area (Å²) in [5.41, 5.74) is 3.75.